The van der Waals surface area contributed by atoms with Crippen molar-refractivity contribution in [2.45, 2.75) is 30.9 Å². The summed E-state index contributed by atoms with van der Waals surface area (Å²) in [6, 6.07) is 5.82. The maximum absolute atomic E-state index is 13.7. The number of amidine groups is 1. The molecule has 3 aliphatic rings. The Morgan fingerprint density at radius 1 is 1.50 bits per heavy atom. The number of rotatable bonds is 3. The van der Waals surface area contributed by atoms with Crippen LogP contribution < -0.4 is 5.32 Å². The number of nitrogens with zero attached hydrogens (tertiary/aromatic N) is 5. The lowest BCUT2D eigenvalue weighted by Gasteiger charge is -2.43. The first-order valence-corrected chi connectivity index (χ1v) is 10.1. The fourth-order valence-corrected chi connectivity index (χ4v) is 4.44. The van der Waals surface area contributed by atoms with Crippen molar-refractivity contribution in [3.63, 3.8) is 0 Å². The van der Waals surface area contributed by atoms with Crippen molar-refractivity contribution in [3.8, 4) is 6.07 Å². The number of aliphatic imine (C=N–C) groups is 1. The van der Waals surface area contributed by atoms with Gasteiger partial charge in [-0.05, 0) is 31.2 Å². The highest BCUT2D eigenvalue weighted by Gasteiger charge is 2.40. The molecule has 0 spiro atoms. The van der Waals surface area contributed by atoms with E-state index in [1.807, 2.05) is 12.5 Å². The topological polar surface area (TPSA) is 87.4 Å². The second kappa shape index (κ2) is 6.91. The van der Waals surface area contributed by atoms with Gasteiger partial charge in [0.05, 0.1) is 29.4 Å². The van der Waals surface area contributed by atoms with E-state index in [1.54, 1.807) is 30.1 Å². The molecular formula is C18H22N6OS. The van der Waals surface area contributed by atoms with Crippen LogP contribution in [-0.2, 0) is 6.54 Å². The lowest BCUT2D eigenvalue weighted by molar-refractivity contribution is -0.890. The Kier molecular flexibility index (Phi) is 4.61. The number of quaternary nitrogens is 1. The molecule has 26 heavy (non-hydrogen) atoms. The smallest absolute Gasteiger partial charge is 0.168 e. The maximum atomic E-state index is 13.7. The van der Waals surface area contributed by atoms with E-state index in [9.17, 15) is 5.21 Å². The minimum Gasteiger partial charge on any atom is -0.632 e. The van der Waals surface area contributed by atoms with E-state index in [0.29, 0.717) is 25.2 Å². The highest BCUT2D eigenvalue weighted by atomic mass is 32.2. The summed E-state index contributed by atoms with van der Waals surface area (Å²) < 4.78 is -0.337. The van der Waals surface area contributed by atoms with Gasteiger partial charge in [0.25, 0.3) is 0 Å². The first kappa shape index (κ1) is 17.3. The lowest BCUT2D eigenvalue weighted by Crippen LogP contribution is -2.47. The second-order valence-electron chi connectivity index (χ2n) is 7.07. The van der Waals surface area contributed by atoms with Crippen LogP contribution in [0.4, 0.5) is 0 Å². The lowest BCUT2D eigenvalue weighted by atomic mass is 10.2. The van der Waals surface area contributed by atoms with Gasteiger partial charge in [0.1, 0.15) is 25.0 Å². The molecule has 0 amide bonds. The number of hydrogen-bond acceptors (Lipinski definition) is 7. The van der Waals surface area contributed by atoms with Crippen LogP contribution in [-0.4, -0.2) is 57.8 Å². The third-order valence-corrected chi connectivity index (χ3v) is 5.89. The SMILES string of the molecule is CS[C@@H]1N=C2C(=CN1)C[N+]([O-])(Cc1ccc(C#N)cn1)CC1CCCN21. The molecule has 0 saturated carbocycles. The van der Waals surface area contributed by atoms with Gasteiger partial charge in [-0.2, -0.15) is 5.26 Å². The third kappa shape index (κ3) is 3.30. The molecule has 1 aromatic heterocycles. The molecule has 2 fully saturated rings. The molecule has 0 radical (unpaired) electrons. The number of pyridine rings is 1. The van der Waals surface area contributed by atoms with Crippen molar-refractivity contribution in [2.75, 3.05) is 25.9 Å². The molecule has 3 atom stereocenters. The average molecular weight is 370 g/mol. The van der Waals surface area contributed by atoms with Crippen LogP contribution in [0.25, 0.3) is 0 Å². The molecule has 0 aromatic carbocycles. The van der Waals surface area contributed by atoms with Crippen LogP contribution >= 0.6 is 11.8 Å². The number of fused-ring (bicyclic) bond motifs is 3. The molecule has 3 aliphatic heterocycles. The predicted molar refractivity (Wildman–Crippen MR) is 102 cm³/mol. The van der Waals surface area contributed by atoms with Gasteiger partial charge in [-0.25, -0.2) is 4.99 Å². The van der Waals surface area contributed by atoms with Gasteiger partial charge in [-0.1, -0.05) is 0 Å². The molecule has 4 rings (SSSR count). The van der Waals surface area contributed by atoms with Crippen LogP contribution in [0.5, 0.6) is 0 Å². The summed E-state index contributed by atoms with van der Waals surface area (Å²) in [6.07, 6.45) is 7.68. The number of thioether (sulfide) groups is 1. The molecule has 2 unspecified atom stereocenters. The number of nitriles is 1. The number of aromatic nitrogens is 1. The zero-order chi connectivity index (χ0) is 18.1. The van der Waals surface area contributed by atoms with Gasteiger partial charge in [0.2, 0.25) is 0 Å². The minimum atomic E-state index is -0.337. The first-order chi connectivity index (χ1) is 12.6. The van der Waals surface area contributed by atoms with Crippen LogP contribution in [0.1, 0.15) is 24.1 Å². The molecular weight excluding hydrogens is 348 g/mol. The standard InChI is InChI=1S/C18H22N6OS/c1-26-18-21-9-14-10-24(25,11-15-5-4-13(7-19)8-20-15)12-16-3-2-6-23(16)17(14)22-18/h4-5,8-9,16,18,21H,2-3,6,10-12H2,1H3/t16?,18-,24?/m0/s1. The zero-order valence-electron chi connectivity index (χ0n) is 14.8. The summed E-state index contributed by atoms with van der Waals surface area (Å²) in [4.78, 5) is 11.5. The summed E-state index contributed by atoms with van der Waals surface area (Å²) in [5.74, 6) is 0.995. The van der Waals surface area contributed by atoms with Crippen molar-refractivity contribution < 1.29 is 4.65 Å². The van der Waals surface area contributed by atoms with Gasteiger partial charge >= 0.3 is 0 Å². The van der Waals surface area contributed by atoms with Gasteiger partial charge in [-0.15, -0.1) is 11.8 Å². The van der Waals surface area contributed by atoms with E-state index in [0.717, 1.165) is 36.5 Å². The van der Waals surface area contributed by atoms with Crippen LogP contribution in [0, 0.1) is 16.5 Å². The summed E-state index contributed by atoms with van der Waals surface area (Å²) in [5.41, 5.74) is 2.25. The predicted octanol–water partition coefficient (Wildman–Crippen LogP) is 1.78. The van der Waals surface area contributed by atoms with E-state index in [4.69, 9.17) is 10.3 Å². The van der Waals surface area contributed by atoms with E-state index >= 15 is 0 Å². The Labute approximate surface area is 157 Å². The van der Waals surface area contributed by atoms with Crippen molar-refractivity contribution in [1.29, 1.82) is 5.26 Å². The molecule has 0 bridgehead atoms. The fourth-order valence-electron chi connectivity index (χ4n) is 4.03. The molecule has 2 saturated heterocycles. The molecule has 4 heterocycles. The second-order valence-corrected chi connectivity index (χ2v) is 7.99. The van der Waals surface area contributed by atoms with Crippen LogP contribution in [0.3, 0.4) is 0 Å². The van der Waals surface area contributed by atoms with E-state index < -0.39 is 0 Å². The number of hydrogen-bond donors (Lipinski definition) is 1. The van der Waals surface area contributed by atoms with Crippen LogP contribution in [0.15, 0.2) is 35.1 Å². The van der Waals surface area contributed by atoms with Crippen LogP contribution in [0.2, 0.25) is 0 Å². The largest absolute Gasteiger partial charge is 0.632 e. The highest BCUT2D eigenvalue weighted by molar-refractivity contribution is 7.99. The Hall–Kier alpha value is -2.08. The summed E-state index contributed by atoms with van der Waals surface area (Å²) in [5, 5.41) is 25.9. The van der Waals surface area contributed by atoms with Gasteiger partial charge < -0.3 is 20.1 Å². The molecule has 1 N–H and O–H groups in total. The number of nitrogens with one attached hydrogen (secondary N) is 1. The minimum absolute atomic E-state index is 0.0156. The highest BCUT2D eigenvalue weighted by Crippen LogP contribution is 2.31. The van der Waals surface area contributed by atoms with Crippen molar-refractivity contribution in [1.82, 2.24) is 15.2 Å². The van der Waals surface area contributed by atoms with Gasteiger partial charge in [0, 0.05) is 18.9 Å². The molecule has 136 valence electrons. The summed E-state index contributed by atoms with van der Waals surface area (Å²) in [6.45, 7) is 2.22. The average Bonchev–Trinajstić information content (AvgIpc) is 3.05. The van der Waals surface area contributed by atoms with Crippen molar-refractivity contribution in [2.24, 2.45) is 4.99 Å². The Balaban J connectivity index is 1.62. The van der Waals surface area contributed by atoms with Gasteiger partial charge in [0.15, 0.2) is 5.50 Å². The summed E-state index contributed by atoms with van der Waals surface area (Å²) in [7, 11) is 0. The maximum Gasteiger partial charge on any atom is 0.168 e. The normalized spacial score (nSPS) is 30.3. The Morgan fingerprint density at radius 3 is 3.12 bits per heavy atom. The van der Waals surface area contributed by atoms with E-state index in [2.05, 4.69) is 21.3 Å². The first-order valence-electron chi connectivity index (χ1n) is 8.85. The van der Waals surface area contributed by atoms with E-state index in [-0.39, 0.29) is 16.2 Å². The van der Waals surface area contributed by atoms with Gasteiger partial charge in [-0.3, -0.25) is 4.98 Å². The third-order valence-electron chi connectivity index (χ3n) is 5.21. The Morgan fingerprint density at radius 2 is 2.38 bits per heavy atom. The van der Waals surface area contributed by atoms with Crippen molar-refractivity contribution in [3.05, 3.63) is 46.6 Å². The molecule has 7 nitrogen and oxygen atoms in total. The van der Waals surface area contributed by atoms with E-state index in [1.165, 1.54) is 0 Å². The molecule has 0 aliphatic carbocycles. The zero-order valence-corrected chi connectivity index (χ0v) is 15.6. The summed E-state index contributed by atoms with van der Waals surface area (Å²) >= 11 is 1.66. The Bertz CT molecular complexity index is 786. The molecule has 8 heteroatoms. The molecule has 1 aromatic rings. The monoisotopic (exact) mass is 370 g/mol. The quantitative estimate of drug-likeness (QED) is 0.645. The fraction of sp³-hybridized carbons (Fsp3) is 0.500. The van der Waals surface area contributed by atoms with Crippen molar-refractivity contribution >= 4 is 17.6 Å². The number of hydroxylamine groups is 3.